The first-order valence-corrected chi connectivity index (χ1v) is 8.41. The molecule has 3 fully saturated rings. The topological polar surface area (TPSA) is 6.48 Å². The smallest absolute Gasteiger partial charge is 0.0367 e. The number of nitrogens with zero attached hydrogens (tertiary/aromatic N) is 2. The summed E-state index contributed by atoms with van der Waals surface area (Å²) < 4.78 is 0. The van der Waals surface area contributed by atoms with Crippen molar-refractivity contribution in [1.29, 1.82) is 0 Å². The van der Waals surface area contributed by atoms with E-state index in [0.717, 1.165) is 17.8 Å². The minimum absolute atomic E-state index is 1.03. The first-order valence-electron chi connectivity index (χ1n) is 8.41. The van der Waals surface area contributed by atoms with Gasteiger partial charge in [0.15, 0.2) is 0 Å². The molecule has 3 atom stereocenters. The summed E-state index contributed by atoms with van der Waals surface area (Å²) in [6, 6.07) is 10.9. The van der Waals surface area contributed by atoms with Gasteiger partial charge in [0.05, 0.1) is 0 Å². The average Bonchev–Trinajstić information content (AvgIpc) is 3.12. The van der Waals surface area contributed by atoms with Crippen molar-refractivity contribution in [3.05, 3.63) is 30.3 Å². The van der Waals surface area contributed by atoms with E-state index in [1.54, 1.807) is 6.42 Å². The van der Waals surface area contributed by atoms with Crippen molar-refractivity contribution in [3.63, 3.8) is 0 Å². The maximum Gasteiger partial charge on any atom is 0.0367 e. The predicted molar refractivity (Wildman–Crippen MR) is 84.0 cm³/mol. The van der Waals surface area contributed by atoms with Gasteiger partial charge in [-0.05, 0) is 49.1 Å². The highest BCUT2D eigenvalue weighted by molar-refractivity contribution is 5.46. The molecule has 2 nitrogen and oxygen atoms in total. The zero-order valence-corrected chi connectivity index (χ0v) is 12.4. The second-order valence-electron chi connectivity index (χ2n) is 7.06. The molecule has 2 aliphatic carbocycles. The van der Waals surface area contributed by atoms with Gasteiger partial charge in [0.2, 0.25) is 0 Å². The summed E-state index contributed by atoms with van der Waals surface area (Å²) in [5.41, 5.74) is 1.40. The van der Waals surface area contributed by atoms with E-state index in [4.69, 9.17) is 0 Å². The van der Waals surface area contributed by atoms with E-state index < -0.39 is 0 Å². The van der Waals surface area contributed by atoms with Gasteiger partial charge in [-0.1, -0.05) is 24.6 Å². The molecule has 1 aromatic carbocycles. The van der Waals surface area contributed by atoms with Crippen LogP contribution in [0.5, 0.6) is 0 Å². The Morgan fingerprint density at radius 1 is 0.900 bits per heavy atom. The summed E-state index contributed by atoms with van der Waals surface area (Å²) in [5.74, 6) is 3.19. The Balaban J connectivity index is 1.29. The van der Waals surface area contributed by atoms with E-state index >= 15 is 0 Å². The quantitative estimate of drug-likeness (QED) is 0.832. The van der Waals surface area contributed by atoms with E-state index in [2.05, 4.69) is 40.1 Å². The summed E-state index contributed by atoms with van der Waals surface area (Å²) in [7, 11) is 0. The van der Waals surface area contributed by atoms with Gasteiger partial charge in [-0.15, -0.1) is 0 Å². The zero-order valence-electron chi connectivity index (χ0n) is 12.4. The second kappa shape index (κ2) is 5.40. The van der Waals surface area contributed by atoms with Crippen LogP contribution < -0.4 is 4.90 Å². The third kappa shape index (κ3) is 2.46. The number of benzene rings is 1. The monoisotopic (exact) mass is 270 g/mol. The molecule has 0 aromatic heterocycles. The van der Waals surface area contributed by atoms with Crippen LogP contribution in [0, 0.1) is 17.8 Å². The van der Waals surface area contributed by atoms with Crippen LogP contribution in [0.4, 0.5) is 5.69 Å². The Hall–Kier alpha value is -1.02. The first-order chi connectivity index (χ1) is 9.88. The molecule has 1 aliphatic heterocycles. The van der Waals surface area contributed by atoms with Crippen LogP contribution in [-0.4, -0.2) is 37.6 Å². The summed E-state index contributed by atoms with van der Waals surface area (Å²) in [6.45, 7) is 6.28. The fourth-order valence-electron chi connectivity index (χ4n) is 4.76. The summed E-state index contributed by atoms with van der Waals surface area (Å²) >= 11 is 0. The lowest BCUT2D eigenvalue weighted by Crippen LogP contribution is -2.48. The average molecular weight is 270 g/mol. The van der Waals surface area contributed by atoms with E-state index in [1.165, 1.54) is 57.7 Å². The van der Waals surface area contributed by atoms with Crippen LogP contribution in [0.15, 0.2) is 30.3 Å². The minimum Gasteiger partial charge on any atom is -0.369 e. The molecule has 0 radical (unpaired) electrons. The molecule has 4 rings (SSSR count). The lowest BCUT2D eigenvalue weighted by atomic mass is 9.88. The number of fused-ring (bicyclic) bond motifs is 2. The highest BCUT2D eigenvalue weighted by Gasteiger charge is 2.40. The van der Waals surface area contributed by atoms with Crippen LogP contribution in [-0.2, 0) is 0 Å². The molecule has 0 amide bonds. The highest BCUT2D eigenvalue weighted by Crippen LogP contribution is 2.48. The Morgan fingerprint density at radius 3 is 2.35 bits per heavy atom. The van der Waals surface area contributed by atoms with Gasteiger partial charge in [0, 0.05) is 38.4 Å². The van der Waals surface area contributed by atoms with Crippen molar-refractivity contribution >= 4 is 5.69 Å². The lowest BCUT2D eigenvalue weighted by molar-refractivity contribution is 0.182. The van der Waals surface area contributed by atoms with Crippen molar-refractivity contribution in [2.75, 3.05) is 37.6 Å². The van der Waals surface area contributed by atoms with Crippen molar-refractivity contribution in [2.24, 2.45) is 17.8 Å². The molecule has 3 unspecified atom stereocenters. The molecule has 108 valence electrons. The SMILES string of the molecule is c1ccc(N2CCN(CC3CC4CCC3C4)CC2)cc1. The van der Waals surface area contributed by atoms with Crippen molar-refractivity contribution < 1.29 is 0 Å². The summed E-state index contributed by atoms with van der Waals surface area (Å²) in [4.78, 5) is 5.27. The first kappa shape index (κ1) is 12.7. The fraction of sp³-hybridized carbons (Fsp3) is 0.667. The van der Waals surface area contributed by atoms with Crippen LogP contribution in [0.2, 0.25) is 0 Å². The number of hydrogen-bond acceptors (Lipinski definition) is 2. The van der Waals surface area contributed by atoms with Gasteiger partial charge in [0.1, 0.15) is 0 Å². The second-order valence-corrected chi connectivity index (χ2v) is 7.06. The van der Waals surface area contributed by atoms with Gasteiger partial charge in [-0.2, -0.15) is 0 Å². The third-order valence-corrected chi connectivity index (χ3v) is 5.87. The molecular weight excluding hydrogens is 244 g/mol. The normalized spacial score (nSPS) is 33.8. The van der Waals surface area contributed by atoms with E-state index in [-0.39, 0.29) is 0 Å². The summed E-state index contributed by atoms with van der Waals surface area (Å²) in [6.07, 6.45) is 6.14. The van der Waals surface area contributed by atoms with Crippen LogP contribution >= 0.6 is 0 Å². The Morgan fingerprint density at radius 2 is 1.70 bits per heavy atom. The van der Waals surface area contributed by atoms with Crippen molar-refractivity contribution in [2.45, 2.75) is 25.7 Å². The minimum atomic E-state index is 1.03. The number of hydrogen-bond donors (Lipinski definition) is 0. The number of piperazine rings is 1. The van der Waals surface area contributed by atoms with Gasteiger partial charge >= 0.3 is 0 Å². The van der Waals surface area contributed by atoms with Crippen LogP contribution in [0.3, 0.4) is 0 Å². The van der Waals surface area contributed by atoms with Crippen LogP contribution in [0.1, 0.15) is 25.7 Å². The Kier molecular flexibility index (Phi) is 3.43. The van der Waals surface area contributed by atoms with E-state index in [9.17, 15) is 0 Å². The van der Waals surface area contributed by atoms with E-state index in [0.29, 0.717) is 0 Å². The Bertz CT molecular complexity index is 436. The predicted octanol–water partition coefficient (Wildman–Crippen LogP) is 3.24. The fourth-order valence-corrected chi connectivity index (χ4v) is 4.76. The number of para-hydroxylation sites is 1. The maximum absolute atomic E-state index is 2.73. The molecule has 0 N–H and O–H groups in total. The molecule has 20 heavy (non-hydrogen) atoms. The molecular formula is C18H26N2. The van der Waals surface area contributed by atoms with Crippen molar-refractivity contribution in [1.82, 2.24) is 4.90 Å². The van der Waals surface area contributed by atoms with Gasteiger partial charge in [0.25, 0.3) is 0 Å². The molecule has 1 aromatic rings. The molecule has 2 bridgehead atoms. The molecule has 2 saturated carbocycles. The molecule has 0 spiro atoms. The number of anilines is 1. The largest absolute Gasteiger partial charge is 0.369 e. The molecule has 2 heteroatoms. The third-order valence-electron chi connectivity index (χ3n) is 5.87. The molecule has 1 heterocycles. The lowest BCUT2D eigenvalue weighted by Gasteiger charge is -2.38. The molecule has 3 aliphatic rings. The van der Waals surface area contributed by atoms with Gasteiger partial charge in [-0.3, -0.25) is 4.90 Å². The Labute approximate surface area is 122 Å². The standard InChI is InChI=1S/C18H26N2/c1-2-4-18(5-3-1)20-10-8-19(9-11-20)14-17-13-15-6-7-16(17)12-15/h1-5,15-17H,6-14H2. The highest BCUT2D eigenvalue weighted by atomic mass is 15.3. The van der Waals surface area contributed by atoms with Crippen molar-refractivity contribution in [3.8, 4) is 0 Å². The zero-order chi connectivity index (χ0) is 13.4. The maximum atomic E-state index is 2.73. The van der Waals surface area contributed by atoms with Crippen LogP contribution in [0.25, 0.3) is 0 Å². The van der Waals surface area contributed by atoms with Gasteiger partial charge in [-0.25, -0.2) is 0 Å². The number of rotatable bonds is 3. The summed E-state index contributed by atoms with van der Waals surface area (Å²) in [5, 5.41) is 0. The van der Waals surface area contributed by atoms with E-state index in [1.807, 2.05) is 0 Å². The molecule has 1 saturated heterocycles. The van der Waals surface area contributed by atoms with Gasteiger partial charge < -0.3 is 4.90 Å².